The molecule has 0 saturated carbocycles. The van der Waals surface area contributed by atoms with Gasteiger partial charge in [0.25, 0.3) is 0 Å². The molecule has 2 N–H and O–H groups in total. The zero-order chi connectivity index (χ0) is 10.5. The summed E-state index contributed by atoms with van der Waals surface area (Å²) in [5, 5.41) is 11.4. The van der Waals surface area contributed by atoms with Gasteiger partial charge in [0, 0.05) is 0 Å². The van der Waals surface area contributed by atoms with Gasteiger partial charge in [-0.1, -0.05) is 13.8 Å². The molecule has 0 saturated heterocycles. The third kappa shape index (κ3) is 3.31. The van der Waals surface area contributed by atoms with Gasteiger partial charge in [-0.05, 0) is 12.8 Å². The van der Waals surface area contributed by atoms with Crippen LogP contribution in [0.3, 0.4) is 0 Å². The van der Waals surface area contributed by atoms with Crippen molar-refractivity contribution in [1.82, 2.24) is 5.32 Å². The zero-order valence-corrected chi connectivity index (χ0v) is 8.63. The highest BCUT2D eigenvalue weighted by atomic mass is 32.2. The van der Waals surface area contributed by atoms with Crippen LogP contribution in [0, 0.1) is 0 Å². The summed E-state index contributed by atoms with van der Waals surface area (Å²) in [6.07, 6.45) is 0.726. The van der Waals surface area contributed by atoms with Gasteiger partial charge in [0.15, 0.2) is 10.7 Å². The van der Waals surface area contributed by atoms with E-state index in [0.29, 0.717) is 12.8 Å². The average Bonchev–Trinajstić information content (AvgIpc) is 2.06. The van der Waals surface area contributed by atoms with Crippen LogP contribution in [0.1, 0.15) is 26.7 Å². The number of carboxylic acid groups (broad SMARTS) is 1. The molecule has 0 fully saturated rings. The first-order chi connectivity index (χ1) is 5.98. The minimum atomic E-state index is -2.58. The first-order valence-corrected chi connectivity index (χ1v) is 5.45. The Morgan fingerprint density at radius 1 is 1.38 bits per heavy atom. The number of carbonyl (C=O) groups is 1. The first-order valence-electron chi connectivity index (χ1n) is 4.08. The van der Waals surface area contributed by atoms with Crippen LogP contribution in [0.4, 0.5) is 0 Å². The summed E-state index contributed by atoms with van der Waals surface area (Å²) in [6, 6.07) is 0. The fraction of sp³-hybridized carbons (Fsp3) is 0.857. The van der Waals surface area contributed by atoms with Gasteiger partial charge in [0.05, 0.1) is 5.88 Å². The molecule has 0 radical (unpaired) electrons. The lowest BCUT2D eigenvalue weighted by Gasteiger charge is -2.26. The normalized spacial score (nSPS) is 11.9. The number of rotatable bonds is 6. The van der Waals surface area contributed by atoms with Crippen molar-refractivity contribution in [2.45, 2.75) is 32.2 Å². The number of nitrogens with one attached hydrogen (secondary N) is 1. The average molecular weight is 209 g/mol. The number of hydrogen-bond acceptors (Lipinski definition) is 4. The van der Waals surface area contributed by atoms with Crippen LogP contribution in [0.15, 0.2) is 0 Å². The number of carboxylic acids is 1. The smallest absolute Gasteiger partial charge is 0.323 e. The highest BCUT2D eigenvalue weighted by Crippen LogP contribution is 2.14. The molecular formula is C7H15NO4S. The van der Waals surface area contributed by atoms with E-state index in [-0.39, 0.29) is 5.88 Å². The van der Waals surface area contributed by atoms with E-state index < -0.39 is 22.2 Å². The van der Waals surface area contributed by atoms with E-state index in [1.54, 1.807) is 13.8 Å². The molecule has 6 heteroatoms. The van der Waals surface area contributed by atoms with E-state index in [9.17, 15) is 13.2 Å². The lowest BCUT2D eigenvalue weighted by atomic mass is 9.93. The highest BCUT2D eigenvalue weighted by Gasteiger charge is 2.33. The predicted octanol–water partition coefficient (Wildman–Crippen LogP) is -0.212. The molecule has 0 aromatic rings. The molecule has 0 aliphatic heterocycles. The second-order valence-corrected chi connectivity index (χ2v) is 3.74. The van der Waals surface area contributed by atoms with Crippen molar-refractivity contribution in [3.05, 3.63) is 0 Å². The van der Waals surface area contributed by atoms with E-state index in [2.05, 4.69) is 5.32 Å². The van der Waals surface area contributed by atoms with Crippen molar-refractivity contribution in [3.8, 4) is 0 Å². The quantitative estimate of drug-likeness (QED) is 0.527. The Morgan fingerprint density at radius 3 is 2.08 bits per heavy atom. The van der Waals surface area contributed by atoms with Gasteiger partial charge < -0.3 is 5.11 Å². The minimum absolute atomic E-state index is 0.288. The molecule has 0 unspecified atom stereocenters. The summed E-state index contributed by atoms with van der Waals surface area (Å²) >= 11 is 0. The van der Waals surface area contributed by atoms with E-state index >= 15 is 0 Å². The predicted molar refractivity (Wildman–Crippen MR) is 49.3 cm³/mol. The summed E-state index contributed by atoms with van der Waals surface area (Å²) in [4.78, 5) is 10.8. The second-order valence-electron chi connectivity index (χ2n) is 2.76. The zero-order valence-electron chi connectivity index (χ0n) is 7.74. The number of aliphatic carboxylic acids is 1. The summed E-state index contributed by atoms with van der Waals surface area (Å²) < 4.78 is 20.6. The van der Waals surface area contributed by atoms with Crippen LogP contribution in [-0.4, -0.2) is 30.9 Å². The molecule has 0 aliphatic rings. The van der Waals surface area contributed by atoms with Crippen molar-refractivity contribution in [3.63, 3.8) is 0 Å². The SMILES string of the molecule is CCC(CC)(NC[SH](=O)=O)C(=O)O. The Morgan fingerprint density at radius 2 is 1.85 bits per heavy atom. The van der Waals surface area contributed by atoms with Crippen molar-refractivity contribution in [1.29, 1.82) is 0 Å². The molecule has 0 spiro atoms. The molecule has 13 heavy (non-hydrogen) atoms. The summed E-state index contributed by atoms with van der Waals surface area (Å²) in [5.74, 6) is -1.29. The Bertz CT molecular complexity index is 237. The van der Waals surface area contributed by atoms with Gasteiger partial charge in [-0.2, -0.15) is 0 Å². The van der Waals surface area contributed by atoms with Crippen molar-refractivity contribution >= 4 is 16.7 Å². The van der Waals surface area contributed by atoms with Gasteiger partial charge in [-0.25, -0.2) is 8.42 Å². The molecule has 0 bridgehead atoms. The molecule has 0 amide bonds. The number of thiol groups is 1. The molecule has 0 rings (SSSR count). The summed E-state index contributed by atoms with van der Waals surface area (Å²) in [6.45, 7) is 3.42. The fourth-order valence-corrected chi connectivity index (χ4v) is 1.53. The maximum absolute atomic E-state index is 10.8. The third-order valence-corrected chi connectivity index (χ3v) is 2.58. The van der Waals surface area contributed by atoms with Gasteiger partial charge in [0.2, 0.25) is 0 Å². The van der Waals surface area contributed by atoms with E-state index in [4.69, 9.17) is 5.11 Å². The molecule has 0 atom stereocenters. The van der Waals surface area contributed by atoms with Crippen molar-refractivity contribution in [2.75, 3.05) is 5.88 Å². The van der Waals surface area contributed by atoms with Gasteiger partial charge in [0.1, 0.15) is 5.54 Å². The molecular weight excluding hydrogens is 194 g/mol. The van der Waals surface area contributed by atoms with Crippen LogP contribution in [0.2, 0.25) is 0 Å². The Balaban J connectivity index is 4.48. The van der Waals surface area contributed by atoms with E-state index in [1.807, 2.05) is 0 Å². The van der Waals surface area contributed by atoms with E-state index in [0.717, 1.165) is 0 Å². The van der Waals surface area contributed by atoms with Crippen LogP contribution in [0.25, 0.3) is 0 Å². The fourth-order valence-electron chi connectivity index (χ4n) is 1.09. The Labute approximate surface area is 79.1 Å². The molecule has 0 aromatic carbocycles. The summed E-state index contributed by atoms with van der Waals surface area (Å²) in [7, 11) is -2.58. The Hall–Kier alpha value is -0.620. The van der Waals surface area contributed by atoms with Gasteiger partial charge >= 0.3 is 5.97 Å². The van der Waals surface area contributed by atoms with Gasteiger partial charge in [-0.15, -0.1) is 0 Å². The lowest BCUT2D eigenvalue weighted by molar-refractivity contribution is -0.145. The maximum Gasteiger partial charge on any atom is 0.323 e. The Kier molecular flexibility index (Phi) is 4.94. The molecule has 0 aromatic heterocycles. The van der Waals surface area contributed by atoms with Crippen LogP contribution in [0.5, 0.6) is 0 Å². The molecule has 0 aliphatic carbocycles. The minimum Gasteiger partial charge on any atom is -0.480 e. The van der Waals surface area contributed by atoms with Crippen LogP contribution in [-0.2, 0) is 15.5 Å². The lowest BCUT2D eigenvalue weighted by Crippen LogP contribution is -2.51. The van der Waals surface area contributed by atoms with E-state index in [1.165, 1.54) is 0 Å². The third-order valence-electron chi connectivity index (χ3n) is 2.16. The van der Waals surface area contributed by atoms with Crippen molar-refractivity contribution < 1.29 is 18.3 Å². The number of hydrogen-bond donors (Lipinski definition) is 3. The van der Waals surface area contributed by atoms with Crippen molar-refractivity contribution in [2.24, 2.45) is 0 Å². The second kappa shape index (κ2) is 5.18. The highest BCUT2D eigenvalue weighted by molar-refractivity contribution is 7.72. The monoisotopic (exact) mass is 209 g/mol. The molecule has 0 heterocycles. The van der Waals surface area contributed by atoms with Crippen LogP contribution < -0.4 is 5.32 Å². The summed E-state index contributed by atoms with van der Waals surface area (Å²) in [5.41, 5.74) is -1.10. The standard InChI is InChI=1S/C7H15NO4S/c1-3-7(4-2,6(9)10)8-5-13(11)12/h8,13H,3-5H2,1-2H3,(H,9,10). The maximum atomic E-state index is 10.8. The van der Waals surface area contributed by atoms with Crippen LogP contribution >= 0.6 is 0 Å². The van der Waals surface area contributed by atoms with Gasteiger partial charge in [-0.3, -0.25) is 10.1 Å². The molecule has 78 valence electrons. The topological polar surface area (TPSA) is 83.5 Å². The molecule has 5 nitrogen and oxygen atoms in total. The largest absolute Gasteiger partial charge is 0.480 e. The first kappa shape index (κ1) is 12.4.